The fourth-order valence-corrected chi connectivity index (χ4v) is 4.50. The molecule has 3 N–H and O–H groups in total. The number of aromatic nitrogens is 4. The van der Waals surface area contributed by atoms with E-state index in [1.165, 1.54) is 5.56 Å². The van der Waals surface area contributed by atoms with Crippen molar-refractivity contribution in [3.8, 4) is 0 Å². The minimum atomic E-state index is -0.328. The van der Waals surface area contributed by atoms with Crippen LogP contribution >= 0.6 is 11.9 Å². The second-order valence-electron chi connectivity index (χ2n) is 8.46. The number of nitrogens with one attached hydrogen (secondary N) is 3. The van der Waals surface area contributed by atoms with Crippen LogP contribution in [-0.4, -0.2) is 70.4 Å². The zero-order chi connectivity index (χ0) is 22.6. The van der Waals surface area contributed by atoms with E-state index in [9.17, 15) is 4.79 Å². The van der Waals surface area contributed by atoms with Gasteiger partial charge in [0.25, 0.3) is 5.56 Å². The lowest BCUT2D eigenvalue weighted by molar-refractivity contribution is 0.188. The predicted octanol–water partition coefficient (Wildman–Crippen LogP) is 2.00. The molecule has 174 valence electrons. The van der Waals surface area contributed by atoms with Gasteiger partial charge in [-0.15, -0.1) is 0 Å². The van der Waals surface area contributed by atoms with Crippen molar-refractivity contribution in [1.82, 2.24) is 30.4 Å². The van der Waals surface area contributed by atoms with Crippen molar-refractivity contribution in [3.63, 3.8) is 0 Å². The number of piperazine rings is 1. The Morgan fingerprint density at radius 3 is 2.58 bits per heavy atom. The second-order valence-corrected chi connectivity index (χ2v) is 8.63. The van der Waals surface area contributed by atoms with Crippen LogP contribution in [0, 0.1) is 0 Å². The van der Waals surface area contributed by atoms with Crippen molar-refractivity contribution < 1.29 is 4.29 Å². The minimum absolute atomic E-state index is 0.0326. The summed E-state index contributed by atoms with van der Waals surface area (Å²) in [5.74, 6) is 1.02. The molecule has 11 heteroatoms. The summed E-state index contributed by atoms with van der Waals surface area (Å²) in [6.45, 7) is 6.54. The van der Waals surface area contributed by atoms with E-state index in [1.54, 1.807) is 6.20 Å². The van der Waals surface area contributed by atoms with Gasteiger partial charge in [0.05, 0.1) is 24.2 Å². The number of piperidine rings is 1. The van der Waals surface area contributed by atoms with Crippen LogP contribution in [0.1, 0.15) is 18.4 Å². The van der Waals surface area contributed by atoms with Crippen molar-refractivity contribution >= 4 is 40.2 Å². The lowest BCUT2D eigenvalue weighted by Crippen LogP contribution is -2.42. The number of H-pyrrole nitrogens is 1. The summed E-state index contributed by atoms with van der Waals surface area (Å²) < 4.78 is 4.95. The maximum atomic E-state index is 12.5. The molecule has 0 bridgehead atoms. The third-order valence-corrected chi connectivity index (χ3v) is 6.44. The third kappa shape index (κ3) is 5.09. The van der Waals surface area contributed by atoms with Gasteiger partial charge >= 0.3 is 0 Å². The van der Waals surface area contributed by atoms with Crippen LogP contribution in [0.25, 0.3) is 10.9 Å². The molecule has 2 aliphatic rings. The van der Waals surface area contributed by atoms with Crippen molar-refractivity contribution in [2.45, 2.75) is 25.5 Å². The van der Waals surface area contributed by atoms with Crippen molar-refractivity contribution in [3.05, 3.63) is 46.4 Å². The fourth-order valence-electron chi connectivity index (χ4n) is 4.33. The first-order valence-corrected chi connectivity index (χ1v) is 11.6. The summed E-state index contributed by atoms with van der Waals surface area (Å²) in [4.78, 5) is 26.4. The number of halogens is 1. The standard InChI is InChI=1S/C22H27ClN8O2/c23-33-17-5-9-31(10-6-17)22-27-18-13-25-29-21(32)19(18)20(28-22)26-16-3-1-15(2-4-16)14-30-11-7-24-8-12-30/h1-4,13,17,24H,5-12,14H2,(H,29,32)(H,26,27,28). The van der Waals surface area contributed by atoms with Crippen LogP contribution < -0.4 is 21.1 Å². The third-order valence-electron chi connectivity index (χ3n) is 6.19. The number of anilines is 3. The fraction of sp³-hybridized carbons (Fsp3) is 0.455. The number of rotatable bonds is 6. The first kappa shape index (κ1) is 22.0. The molecule has 0 saturated carbocycles. The molecule has 0 aliphatic carbocycles. The maximum absolute atomic E-state index is 12.5. The molecule has 4 heterocycles. The van der Waals surface area contributed by atoms with Crippen LogP contribution in [0.2, 0.25) is 0 Å². The summed E-state index contributed by atoms with van der Waals surface area (Å²) in [6, 6.07) is 8.25. The Bertz CT molecular complexity index is 1140. The summed E-state index contributed by atoms with van der Waals surface area (Å²) in [5.41, 5.74) is 2.28. The van der Waals surface area contributed by atoms with Crippen LogP contribution in [0.15, 0.2) is 35.3 Å². The molecule has 0 unspecified atom stereocenters. The van der Waals surface area contributed by atoms with Crippen LogP contribution in [0.4, 0.5) is 17.5 Å². The largest absolute Gasteiger partial charge is 0.341 e. The average Bonchev–Trinajstić information content (AvgIpc) is 2.86. The molecule has 0 amide bonds. The van der Waals surface area contributed by atoms with E-state index in [4.69, 9.17) is 21.1 Å². The molecule has 1 aromatic carbocycles. The van der Waals surface area contributed by atoms with E-state index in [-0.39, 0.29) is 11.7 Å². The molecule has 33 heavy (non-hydrogen) atoms. The Hall–Kier alpha value is -2.79. The highest BCUT2D eigenvalue weighted by Gasteiger charge is 2.23. The van der Waals surface area contributed by atoms with E-state index in [0.29, 0.717) is 22.7 Å². The van der Waals surface area contributed by atoms with Gasteiger partial charge in [0.1, 0.15) is 16.7 Å². The van der Waals surface area contributed by atoms with Gasteiger partial charge in [-0.25, -0.2) is 10.1 Å². The molecule has 5 rings (SSSR count). The number of aromatic amines is 1. The van der Waals surface area contributed by atoms with Gasteiger partial charge < -0.3 is 15.5 Å². The number of benzene rings is 1. The lowest BCUT2D eigenvalue weighted by atomic mass is 10.1. The lowest BCUT2D eigenvalue weighted by Gasteiger charge is -2.30. The Morgan fingerprint density at radius 2 is 1.85 bits per heavy atom. The first-order valence-electron chi connectivity index (χ1n) is 11.3. The Kier molecular flexibility index (Phi) is 6.68. The van der Waals surface area contributed by atoms with Crippen molar-refractivity contribution in [2.75, 3.05) is 49.5 Å². The molecule has 2 aliphatic heterocycles. The highest BCUT2D eigenvalue weighted by molar-refractivity contribution is 6.07. The summed E-state index contributed by atoms with van der Waals surface area (Å²) in [7, 11) is 0. The predicted molar refractivity (Wildman–Crippen MR) is 128 cm³/mol. The van der Waals surface area contributed by atoms with E-state index in [2.05, 4.69) is 47.7 Å². The van der Waals surface area contributed by atoms with Gasteiger partial charge in [0.15, 0.2) is 0 Å². The Morgan fingerprint density at radius 1 is 1.09 bits per heavy atom. The van der Waals surface area contributed by atoms with Gasteiger partial charge in [0, 0.05) is 51.5 Å². The van der Waals surface area contributed by atoms with Gasteiger partial charge in [-0.3, -0.25) is 14.0 Å². The van der Waals surface area contributed by atoms with E-state index < -0.39 is 0 Å². The van der Waals surface area contributed by atoms with Crippen LogP contribution in [0.3, 0.4) is 0 Å². The first-order chi connectivity index (χ1) is 16.2. The molecule has 0 radical (unpaired) electrons. The molecule has 2 saturated heterocycles. The van der Waals surface area contributed by atoms with Gasteiger partial charge in [-0.2, -0.15) is 10.1 Å². The molecule has 0 spiro atoms. The van der Waals surface area contributed by atoms with Gasteiger partial charge in [-0.05, 0) is 30.5 Å². The SMILES string of the molecule is O=c1[nH]ncc2nc(N3CCC(OCl)CC3)nc(Nc3ccc(CN4CCNCC4)cc3)c12. The quantitative estimate of drug-likeness (QED) is 0.498. The molecule has 2 fully saturated rings. The van der Waals surface area contributed by atoms with Crippen LogP contribution in [0.5, 0.6) is 0 Å². The highest BCUT2D eigenvalue weighted by Crippen LogP contribution is 2.26. The minimum Gasteiger partial charge on any atom is -0.341 e. The number of nitrogens with zero attached hydrogens (tertiary/aromatic N) is 5. The number of hydrogen-bond acceptors (Lipinski definition) is 9. The molecular formula is C22H27ClN8O2. The molecular weight excluding hydrogens is 444 g/mol. The van der Waals surface area contributed by atoms with Gasteiger partial charge in [0.2, 0.25) is 5.95 Å². The molecule has 3 aromatic rings. The maximum Gasteiger partial charge on any atom is 0.277 e. The Balaban J connectivity index is 1.39. The highest BCUT2D eigenvalue weighted by atomic mass is 35.5. The Labute approximate surface area is 196 Å². The zero-order valence-corrected chi connectivity index (χ0v) is 19.0. The normalized spacial score (nSPS) is 18.0. The van der Waals surface area contributed by atoms with E-state index in [1.807, 2.05) is 12.1 Å². The van der Waals surface area contributed by atoms with Crippen molar-refractivity contribution in [2.24, 2.45) is 0 Å². The van der Waals surface area contributed by atoms with Crippen molar-refractivity contribution in [1.29, 1.82) is 0 Å². The van der Waals surface area contributed by atoms with Crippen LogP contribution in [-0.2, 0) is 10.8 Å². The summed E-state index contributed by atoms with van der Waals surface area (Å²) in [5, 5.41) is 13.5. The zero-order valence-electron chi connectivity index (χ0n) is 18.3. The number of hydrogen-bond donors (Lipinski definition) is 3. The monoisotopic (exact) mass is 470 g/mol. The topological polar surface area (TPSA) is 111 Å². The second kappa shape index (κ2) is 10.0. The van der Waals surface area contributed by atoms with E-state index >= 15 is 0 Å². The molecule has 0 atom stereocenters. The van der Waals surface area contributed by atoms with E-state index in [0.717, 1.165) is 64.3 Å². The smallest absolute Gasteiger partial charge is 0.277 e. The summed E-state index contributed by atoms with van der Waals surface area (Å²) in [6.07, 6.45) is 3.16. The average molecular weight is 471 g/mol. The summed E-state index contributed by atoms with van der Waals surface area (Å²) >= 11 is 5.54. The number of fused-ring (bicyclic) bond motifs is 1. The molecule has 10 nitrogen and oxygen atoms in total. The van der Waals surface area contributed by atoms with Gasteiger partial charge in [-0.1, -0.05) is 12.1 Å². The molecule has 2 aromatic heterocycles.